The Balaban J connectivity index is 1.27. The maximum Gasteiger partial charge on any atom is 0.303 e. The summed E-state index contributed by atoms with van der Waals surface area (Å²) < 4.78 is 24.3. The van der Waals surface area contributed by atoms with Crippen molar-refractivity contribution in [1.29, 1.82) is 0 Å². The third-order valence-electron chi connectivity index (χ3n) is 15.3. The lowest BCUT2D eigenvalue weighted by Crippen LogP contribution is -2.61. The zero-order chi connectivity index (χ0) is 35.4. The molecule has 10 nitrogen and oxygen atoms in total. The van der Waals surface area contributed by atoms with E-state index >= 15 is 0 Å². The Bertz CT molecular complexity index is 1220. The predicted molar refractivity (Wildman–Crippen MR) is 177 cm³/mol. The molecule has 0 radical (unpaired) electrons. The number of esters is 1. The molecule has 2 heterocycles. The van der Waals surface area contributed by atoms with Crippen LogP contribution in [-0.2, 0) is 23.7 Å². The Labute approximate surface area is 287 Å². The summed E-state index contributed by atoms with van der Waals surface area (Å²) in [5, 5.41) is 56.9. The Morgan fingerprint density at radius 1 is 1.06 bits per heavy atom. The number of aliphatic hydroxyl groups excluding tert-OH is 3. The molecule has 0 amide bonds. The minimum absolute atomic E-state index is 0.0400. The summed E-state index contributed by atoms with van der Waals surface area (Å²) in [6.45, 7) is 18.1. The van der Waals surface area contributed by atoms with Crippen molar-refractivity contribution < 1.29 is 49.3 Å². The topological polar surface area (TPSA) is 155 Å². The van der Waals surface area contributed by atoms with Crippen LogP contribution in [0.4, 0.5) is 0 Å². The molecule has 4 saturated carbocycles. The quantitative estimate of drug-likeness (QED) is 0.223. The minimum Gasteiger partial charge on any atom is -0.457 e. The van der Waals surface area contributed by atoms with E-state index in [2.05, 4.69) is 41.5 Å². The number of hydrogen-bond donors (Lipinski definition) is 5. The van der Waals surface area contributed by atoms with Crippen molar-refractivity contribution >= 4 is 5.97 Å². The van der Waals surface area contributed by atoms with Crippen molar-refractivity contribution in [3.63, 3.8) is 0 Å². The molecule has 1 spiro atoms. The standard InChI is InChI=1S/C38H64O10/c1-20(2)25(47-31-28(41)24(40)13-17-45-31)12-14-36-19-37(36)16-15-34(8)29-21(3)18-26(30(33(6,7)43)46-23(5)39)48-38(29,44)32(42)35(34,9)27(37)11-10-22(36)4/h20-22,24-32,40-44H,10-19H2,1-9H3. The van der Waals surface area contributed by atoms with Crippen LogP contribution in [0.5, 0.6) is 0 Å². The molecule has 276 valence electrons. The smallest absolute Gasteiger partial charge is 0.303 e. The van der Waals surface area contributed by atoms with Gasteiger partial charge >= 0.3 is 5.97 Å². The Hall–Kier alpha value is -0.850. The highest BCUT2D eigenvalue weighted by Crippen LogP contribution is 2.87. The number of carbonyl (C=O) groups excluding carboxylic acids is 1. The number of fused-ring (bicyclic) bond motifs is 4. The highest BCUT2D eigenvalue weighted by molar-refractivity contribution is 5.66. The average molecular weight is 681 g/mol. The lowest BCUT2D eigenvalue weighted by molar-refractivity contribution is -0.342. The number of aliphatic hydroxyl groups is 5. The lowest BCUT2D eigenvalue weighted by atomic mass is 9.43. The van der Waals surface area contributed by atoms with E-state index in [9.17, 15) is 30.3 Å². The first kappa shape index (κ1) is 36.9. The van der Waals surface area contributed by atoms with Gasteiger partial charge in [-0.05, 0) is 112 Å². The van der Waals surface area contributed by atoms with Crippen LogP contribution in [0.3, 0.4) is 0 Å². The molecule has 0 aromatic heterocycles. The fourth-order valence-corrected chi connectivity index (χ4v) is 12.8. The summed E-state index contributed by atoms with van der Waals surface area (Å²) in [4.78, 5) is 12.1. The summed E-state index contributed by atoms with van der Waals surface area (Å²) in [6, 6.07) is 0. The van der Waals surface area contributed by atoms with Gasteiger partial charge in [-0.15, -0.1) is 0 Å². The lowest BCUT2D eigenvalue weighted by Gasteiger charge is -2.61. The van der Waals surface area contributed by atoms with E-state index in [4.69, 9.17) is 18.9 Å². The van der Waals surface area contributed by atoms with E-state index in [0.717, 1.165) is 44.9 Å². The number of carbonyl (C=O) groups is 1. The van der Waals surface area contributed by atoms with Crippen LogP contribution in [0, 0.1) is 51.2 Å². The van der Waals surface area contributed by atoms with Crippen LogP contribution >= 0.6 is 0 Å². The molecule has 10 heteroatoms. The second kappa shape index (κ2) is 12.1. The van der Waals surface area contributed by atoms with Crippen molar-refractivity contribution in [3.8, 4) is 0 Å². The Morgan fingerprint density at radius 2 is 1.75 bits per heavy atom. The van der Waals surface area contributed by atoms with Gasteiger partial charge in [0.15, 0.2) is 18.2 Å². The van der Waals surface area contributed by atoms with Crippen molar-refractivity contribution in [3.05, 3.63) is 0 Å². The molecule has 4 aliphatic carbocycles. The van der Waals surface area contributed by atoms with Gasteiger partial charge in [-0.3, -0.25) is 4.79 Å². The molecule has 2 saturated heterocycles. The van der Waals surface area contributed by atoms with Crippen LogP contribution in [0.25, 0.3) is 0 Å². The number of ether oxygens (including phenoxy) is 4. The first-order valence-electron chi connectivity index (χ1n) is 18.8. The summed E-state index contributed by atoms with van der Waals surface area (Å²) in [5.41, 5.74) is -2.28. The zero-order valence-corrected chi connectivity index (χ0v) is 30.8. The van der Waals surface area contributed by atoms with Crippen LogP contribution in [0.2, 0.25) is 0 Å². The van der Waals surface area contributed by atoms with E-state index < -0.39 is 59.6 Å². The molecule has 16 unspecified atom stereocenters. The van der Waals surface area contributed by atoms with Crippen LogP contribution < -0.4 is 0 Å². The van der Waals surface area contributed by atoms with E-state index in [1.165, 1.54) is 6.92 Å². The third kappa shape index (κ3) is 5.20. The van der Waals surface area contributed by atoms with Gasteiger partial charge in [0.1, 0.15) is 18.3 Å². The van der Waals surface area contributed by atoms with Gasteiger partial charge in [-0.1, -0.05) is 41.5 Å². The molecule has 5 N–H and O–H groups in total. The van der Waals surface area contributed by atoms with E-state index in [1.807, 2.05) is 0 Å². The molecule has 48 heavy (non-hydrogen) atoms. The highest BCUT2D eigenvalue weighted by atomic mass is 16.7. The molecular weight excluding hydrogens is 616 g/mol. The minimum atomic E-state index is -1.84. The first-order chi connectivity index (χ1) is 22.2. The second-order valence-electron chi connectivity index (χ2n) is 18.4. The van der Waals surface area contributed by atoms with Crippen molar-refractivity contribution in [2.45, 2.75) is 174 Å². The van der Waals surface area contributed by atoms with Crippen LogP contribution in [0.15, 0.2) is 0 Å². The van der Waals surface area contributed by atoms with Crippen molar-refractivity contribution in [2.75, 3.05) is 6.61 Å². The fraction of sp³-hybridized carbons (Fsp3) is 0.974. The predicted octanol–water partition coefficient (Wildman–Crippen LogP) is 4.31. The monoisotopic (exact) mass is 680 g/mol. The molecule has 16 atom stereocenters. The summed E-state index contributed by atoms with van der Waals surface area (Å²) >= 11 is 0. The molecule has 0 bridgehead atoms. The Morgan fingerprint density at radius 3 is 2.38 bits per heavy atom. The maximum atomic E-state index is 12.6. The fourth-order valence-electron chi connectivity index (χ4n) is 12.8. The molecule has 2 aliphatic heterocycles. The zero-order valence-electron chi connectivity index (χ0n) is 30.8. The van der Waals surface area contributed by atoms with Crippen LogP contribution in [0.1, 0.15) is 120 Å². The summed E-state index contributed by atoms with van der Waals surface area (Å²) in [7, 11) is 0. The SMILES string of the molecule is CC(=O)OC(C1CC(C)C2C(O)(O1)C(O)C1(C)C3CCC(C)C4(CCC(OC5OCCC(O)C5O)C(C)C)CC34CCC21C)C(C)(C)O. The van der Waals surface area contributed by atoms with Crippen LogP contribution in [-0.4, -0.2) is 92.4 Å². The number of rotatable bonds is 9. The molecule has 6 fully saturated rings. The molecular formula is C38H64O10. The largest absolute Gasteiger partial charge is 0.457 e. The van der Waals surface area contributed by atoms with Gasteiger partial charge in [0.2, 0.25) is 0 Å². The van der Waals surface area contributed by atoms with Gasteiger partial charge < -0.3 is 44.5 Å². The summed E-state index contributed by atoms with van der Waals surface area (Å²) in [5.74, 6) is -1.84. The maximum absolute atomic E-state index is 12.6. The van der Waals surface area contributed by atoms with Gasteiger partial charge in [0.05, 0.1) is 24.4 Å². The third-order valence-corrected chi connectivity index (χ3v) is 15.3. The van der Waals surface area contributed by atoms with E-state index in [-0.39, 0.29) is 46.0 Å². The van der Waals surface area contributed by atoms with Crippen molar-refractivity contribution in [1.82, 2.24) is 0 Å². The summed E-state index contributed by atoms with van der Waals surface area (Å²) in [6.07, 6.45) is 1.92. The molecule has 0 aromatic carbocycles. The van der Waals surface area contributed by atoms with E-state index in [0.29, 0.717) is 25.4 Å². The molecule has 0 aromatic rings. The van der Waals surface area contributed by atoms with Gasteiger partial charge in [-0.2, -0.15) is 0 Å². The van der Waals surface area contributed by atoms with Gasteiger partial charge in [-0.25, -0.2) is 0 Å². The van der Waals surface area contributed by atoms with Crippen molar-refractivity contribution in [2.24, 2.45) is 51.2 Å². The average Bonchev–Trinajstić information content (AvgIpc) is 3.63. The van der Waals surface area contributed by atoms with E-state index in [1.54, 1.807) is 13.8 Å². The first-order valence-corrected chi connectivity index (χ1v) is 18.8. The Kier molecular flexibility index (Phi) is 9.31. The number of hydrogen-bond acceptors (Lipinski definition) is 10. The normalized spacial score (nSPS) is 51.3. The molecule has 6 rings (SSSR count). The van der Waals surface area contributed by atoms with Gasteiger partial charge in [0.25, 0.3) is 0 Å². The van der Waals surface area contributed by atoms with Gasteiger partial charge in [0, 0.05) is 18.3 Å². The highest BCUT2D eigenvalue weighted by Gasteiger charge is 2.85. The molecule has 6 aliphatic rings. The second-order valence-corrected chi connectivity index (χ2v) is 18.4.